The lowest BCUT2D eigenvalue weighted by atomic mass is 9.95. The number of aliphatic hydroxyl groups is 1. The van der Waals surface area contributed by atoms with Gasteiger partial charge in [0.2, 0.25) is 5.13 Å². The Labute approximate surface area is 256 Å². The minimum atomic E-state index is -1.16. The Morgan fingerprint density at radius 1 is 1.09 bits per heavy atom. The Bertz CT molecular complexity index is 1690. The summed E-state index contributed by atoms with van der Waals surface area (Å²) >= 11 is 2.56. The van der Waals surface area contributed by atoms with E-state index in [0.717, 1.165) is 40.2 Å². The molecule has 0 spiro atoms. The number of amides is 1. The van der Waals surface area contributed by atoms with Crippen LogP contribution in [0.15, 0.2) is 82.7 Å². The van der Waals surface area contributed by atoms with E-state index < -0.39 is 28.4 Å². The lowest BCUT2D eigenvalue weighted by molar-refractivity contribution is -0.384. The van der Waals surface area contributed by atoms with Crippen LogP contribution in [0.4, 0.5) is 10.8 Å². The average molecular weight is 617 g/mol. The van der Waals surface area contributed by atoms with Gasteiger partial charge in [0.15, 0.2) is 4.34 Å². The molecule has 43 heavy (non-hydrogen) atoms. The number of nitro benzene ring substituents is 1. The molecule has 0 saturated carbocycles. The van der Waals surface area contributed by atoms with Gasteiger partial charge >= 0.3 is 5.91 Å². The Morgan fingerprint density at radius 3 is 2.53 bits per heavy atom. The van der Waals surface area contributed by atoms with Crippen LogP contribution in [-0.4, -0.2) is 38.5 Å². The molecule has 1 unspecified atom stereocenters. The van der Waals surface area contributed by atoms with Gasteiger partial charge in [0.05, 0.1) is 23.1 Å². The van der Waals surface area contributed by atoms with E-state index in [-0.39, 0.29) is 22.0 Å². The second-order valence-corrected chi connectivity index (χ2v) is 12.1. The fourth-order valence-corrected chi connectivity index (χ4v) is 6.36. The number of nitro groups is 1. The molecule has 1 aliphatic heterocycles. The van der Waals surface area contributed by atoms with E-state index in [0.29, 0.717) is 28.0 Å². The molecule has 1 fully saturated rings. The predicted octanol–water partition coefficient (Wildman–Crippen LogP) is 6.85. The number of carbonyl (C=O) groups excluding carboxylic acids is 2. The summed E-state index contributed by atoms with van der Waals surface area (Å²) in [5.74, 6) is -1.02. The Kier molecular flexibility index (Phi) is 9.17. The largest absolute Gasteiger partial charge is 0.507 e. The monoisotopic (exact) mass is 616 g/mol. The third-order valence-corrected chi connectivity index (χ3v) is 8.95. The maximum absolute atomic E-state index is 13.5. The average Bonchev–Trinajstić information content (AvgIpc) is 3.58. The first kappa shape index (κ1) is 29.9. The van der Waals surface area contributed by atoms with Gasteiger partial charge in [-0.25, -0.2) is 0 Å². The molecular formula is C31H28N4O6S2. The van der Waals surface area contributed by atoms with Gasteiger partial charge in [-0.15, -0.1) is 10.2 Å². The zero-order chi connectivity index (χ0) is 30.5. The standard InChI is InChI=1S/C31H28N4O6S2/c1-3-4-16-41-24-14-12-21(13-15-24)27(36)25-26(22-6-5-7-23(17-22)35(39)40)34(29(38)28(25)37)30-32-33-31(43-30)42-18-20-10-8-19(2)9-11-20/h5-15,17,26,36H,3-4,16,18H2,1-2H3. The molecule has 0 bridgehead atoms. The van der Waals surface area contributed by atoms with Gasteiger partial charge in [-0.3, -0.25) is 24.6 Å². The number of aryl methyl sites for hydroxylation is 1. The number of anilines is 1. The first-order chi connectivity index (χ1) is 20.8. The Balaban J connectivity index is 1.51. The second-order valence-electron chi connectivity index (χ2n) is 9.87. The van der Waals surface area contributed by atoms with E-state index in [1.165, 1.54) is 30.0 Å². The van der Waals surface area contributed by atoms with Crippen LogP contribution < -0.4 is 9.64 Å². The molecule has 220 valence electrons. The number of carbonyl (C=O) groups is 2. The highest BCUT2D eigenvalue weighted by molar-refractivity contribution is 8.00. The molecule has 1 N–H and O–H groups in total. The van der Waals surface area contributed by atoms with Crippen LogP contribution in [0, 0.1) is 17.0 Å². The summed E-state index contributed by atoms with van der Waals surface area (Å²) < 4.78 is 6.27. The van der Waals surface area contributed by atoms with Gasteiger partial charge in [-0.2, -0.15) is 0 Å². The normalized spacial score (nSPS) is 16.0. The van der Waals surface area contributed by atoms with Crippen LogP contribution in [0.2, 0.25) is 0 Å². The lowest BCUT2D eigenvalue weighted by Crippen LogP contribution is -2.29. The van der Waals surface area contributed by atoms with Crippen LogP contribution in [-0.2, 0) is 15.3 Å². The minimum Gasteiger partial charge on any atom is -0.507 e. The number of hydrogen-bond acceptors (Lipinski definition) is 10. The minimum absolute atomic E-state index is 0.142. The van der Waals surface area contributed by atoms with Crippen LogP contribution >= 0.6 is 23.1 Å². The summed E-state index contributed by atoms with van der Waals surface area (Å²) in [4.78, 5) is 39.1. The van der Waals surface area contributed by atoms with E-state index in [2.05, 4.69) is 17.1 Å². The highest BCUT2D eigenvalue weighted by atomic mass is 32.2. The zero-order valence-corrected chi connectivity index (χ0v) is 25.1. The van der Waals surface area contributed by atoms with Gasteiger partial charge in [0.1, 0.15) is 11.5 Å². The number of non-ortho nitro benzene ring substituents is 1. The van der Waals surface area contributed by atoms with Crippen molar-refractivity contribution < 1.29 is 24.4 Å². The van der Waals surface area contributed by atoms with Crippen molar-refractivity contribution in [3.05, 3.63) is 111 Å². The van der Waals surface area contributed by atoms with Crippen molar-refractivity contribution in [2.75, 3.05) is 11.5 Å². The summed E-state index contributed by atoms with van der Waals surface area (Å²) in [6.07, 6.45) is 1.88. The molecule has 3 aromatic carbocycles. The maximum atomic E-state index is 13.5. The van der Waals surface area contributed by atoms with Crippen molar-refractivity contribution in [2.24, 2.45) is 0 Å². The van der Waals surface area contributed by atoms with Crippen LogP contribution in [0.5, 0.6) is 5.75 Å². The molecule has 1 aromatic heterocycles. The number of thioether (sulfide) groups is 1. The van der Waals surface area contributed by atoms with E-state index >= 15 is 0 Å². The van der Waals surface area contributed by atoms with E-state index in [4.69, 9.17) is 4.74 Å². The molecule has 2 heterocycles. The number of rotatable bonds is 11. The molecule has 1 atom stereocenters. The number of ketones is 1. The first-order valence-corrected chi connectivity index (χ1v) is 15.4. The summed E-state index contributed by atoms with van der Waals surface area (Å²) in [6.45, 7) is 4.62. The number of benzene rings is 3. The molecule has 0 aliphatic carbocycles. The Morgan fingerprint density at radius 2 is 1.84 bits per heavy atom. The zero-order valence-electron chi connectivity index (χ0n) is 23.4. The Hall–Kier alpha value is -4.55. The van der Waals surface area contributed by atoms with Crippen molar-refractivity contribution in [1.29, 1.82) is 0 Å². The third-order valence-electron chi connectivity index (χ3n) is 6.82. The number of Topliss-reactive ketones (excluding diaryl/α,β-unsaturated/α-hetero) is 1. The number of nitrogens with zero attached hydrogens (tertiary/aromatic N) is 4. The number of hydrogen-bond donors (Lipinski definition) is 1. The molecule has 1 amide bonds. The molecule has 1 saturated heterocycles. The van der Waals surface area contributed by atoms with E-state index in [1.807, 2.05) is 31.2 Å². The molecule has 5 rings (SSSR count). The molecule has 0 radical (unpaired) electrons. The smallest absolute Gasteiger partial charge is 0.301 e. The summed E-state index contributed by atoms with van der Waals surface area (Å²) in [5.41, 5.74) is 2.39. The summed E-state index contributed by atoms with van der Waals surface area (Å²) in [7, 11) is 0. The van der Waals surface area contributed by atoms with Crippen molar-refractivity contribution in [3.8, 4) is 5.75 Å². The lowest BCUT2D eigenvalue weighted by Gasteiger charge is -2.22. The van der Waals surface area contributed by atoms with Gasteiger partial charge in [-0.05, 0) is 48.7 Å². The molecule has 1 aliphatic rings. The highest BCUT2D eigenvalue weighted by Crippen LogP contribution is 2.44. The van der Waals surface area contributed by atoms with Crippen molar-refractivity contribution in [2.45, 2.75) is 42.8 Å². The molecule has 12 heteroatoms. The SMILES string of the molecule is CCCCOc1ccc(C(O)=C2C(=O)C(=O)N(c3nnc(SCc4ccc(C)cc4)s3)C2c2cccc([N+](=O)[O-])c2)cc1. The quantitative estimate of drug-likeness (QED) is 0.0280. The number of unbranched alkanes of at least 4 members (excludes halogenated alkanes) is 1. The molecule has 10 nitrogen and oxygen atoms in total. The number of ether oxygens (including phenoxy) is 1. The van der Waals surface area contributed by atoms with Crippen LogP contribution in [0.1, 0.15) is 48.1 Å². The van der Waals surface area contributed by atoms with E-state index in [1.54, 1.807) is 30.3 Å². The summed E-state index contributed by atoms with van der Waals surface area (Å²) in [6, 6.07) is 19.1. The fraction of sp³-hybridized carbons (Fsp3) is 0.226. The number of aromatic nitrogens is 2. The molecule has 4 aromatic rings. The van der Waals surface area contributed by atoms with E-state index in [9.17, 15) is 24.8 Å². The number of aliphatic hydroxyl groups excluding tert-OH is 1. The second kappa shape index (κ2) is 13.2. The molecular weight excluding hydrogens is 588 g/mol. The van der Waals surface area contributed by atoms with Crippen molar-refractivity contribution in [1.82, 2.24) is 10.2 Å². The van der Waals surface area contributed by atoms with Crippen LogP contribution in [0.25, 0.3) is 5.76 Å². The maximum Gasteiger partial charge on any atom is 0.301 e. The summed E-state index contributed by atoms with van der Waals surface area (Å²) in [5, 5.41) is 31.5. The van der Waals surface area contributed by atoms with Crippen molar-refractivity contribution >= 4 is 51.4 Å². The van der Waals surface area contributed by atoms with Gasteiger partial charge < -0.3 is 9.84 Å². The topological polar surface area (TPSA) is 136 Å². The van der Waals surface area contributed by atoms with Crippen molar-refractivity contribution in [3.63, 3.8) is 0 Å². The van der Waals surface area contributed by atoms with Gasteiger partial charge in [0.25, 0.3) is 11.5 Å². The first-order valence-electron chi connectivity index (χ1n) is 13.6. The predicted molar refractivity (Wildman–Crippen MR) is 165 cm³/mol. The highest BCUT2D eigenvalue weighted by Gasteiger charge is 2.48. The van der Waals surface area contributed by atoms with Crippen LogP contribution in [0.3, 0.4) is 0 Å². The third kappa shape index (κ3) is 6.60. The van der Waals surface area contributed by atoms with Gasteiger partial charge in [-0.1, -0.05) is 78.4 Å². The van der Waals surface area contributed by atoms with Gasteiger partial charge in [0, 0.05) is 23.4 Å². The fourth-order valence-electron chi connectivity index (χ4n) is 4.54.